The van der Waals surface area contributed by atoms with Crippen LogP contribution in [0.3, 0.4) is 0 Å². The molecule has 0 saturated carbocycles. The Labute approximate surface area is 113 Å². The highest BCUT2D eigenvalue weighted by Gasteiger charge is 2.30. The van der Waals surface area contributed by atoms with Gasteiger partial charge in [0.1, 0.15) is 5.82 Å². The molecule has 5 heteroatoms. The van der Waals surface area contributed by atoms with E-state index in [0.717, 1.165) is 57.7 Å². The first-order valence-corrected chi connectivity index (χ1v) is 7.33. The smallest absolute Gasteiger partial charge is 0.226 e. The quantitative estimate of drug-likeness (QED) is 0.839. The SMILES string of the molecule is O=C(C1CCCNC1)N1CCC(c2ncc[nH]2)CC1. The fraction of sp³-hybridized carbons (Fsp3) is 0.714. The number of aromatic amines is 1. The molecular formula is C14H22N4O. The zero-order chi connectivity index (χ0) is 13.1. The molecule has 104 valence electrons. The number of likely N-dealkylation sites (tertiary alicyclic amines) is 1. The molecule has 2 aliphatic rings. The zero-order valence-corrected chi connectivity index (χ0v) is 11.3. The third kappa shape index (κ3) is 2.81. The maximum atomic E-state index is 12.4. The molecule has 3 rings (SSSR count). The van der Waals surface area contributed by atoms with E-state index in [2.05, 4.69) is 20.2 Å². The molecule has 0 spiro atoms. The van der Waals surface area contributed by atoms with Gasteiger partial charge in [-0.05, 0) is 32.2 Å². The summed E-state index contributed by atoms with van der Waals surface area (Å²) in [6.07, 6.45) is 7.91. The van der Waals surface area contributed by atoms with E-state index in [9.17, 15) is 4.79 Å². The molecule has 1 atom stereocenters. The van der Waals surface area contributed by atoms with Gasteiger partial charge in [0.05, 0.1) is 5.92 Å². The Morgan fingerprint density at radius 1 is 1.32 bits per heavy atom. The monoisotopic (exact) mass is 262 g/mol. The number of carbonyl (C=O) groups is 1. The topological polar surface area (TPSA) is 61.0 Å². The van der Waals surface area contributed by atoms with E-state index in [0.29, 0.717) is 11.8 Å². The van der Waals surface area contributed by atoms with E-state index in [1.807, 2.05) is 6.20 Å². The van der Waals surface area contributed by atoms with Crippen molar-refractivity contribution in [2.45, 2.75) is 31.6 Å². The molecule has 1 aromatic rings. The first-order chi connectivity index (χ1) is 9.34. The van der Waals surface area contributed by atoms with Crippen LogP contribution in [0.4, 0.5) is 0 Å². The third-order valence-corrected chi connectivity index (χ3v) is 4.36. The summed E-state index contributed by atoms with van der Waals surface area (Å²) in [6, 6.07) is 0. The molecule has 1 aromatic heterocycles. The molecule has 3 heterocycles. The van der Waals surface area contributed by atoms with Crippen LogP contribution in [0.2, 0.25) is 0 Å². The average molecular weight is 262 g/mol. The summed E-state index contributed by atoms with van der Waals surface area (Å²) < 4.78 is 0. The molecule has 1 amide bonds. The number of nitrogens with one attached hydrogen (secondary N) is 2. The van der Waals surface area contributed by atoms with Gasteiger partial charge >= 0.3 is 0 Å². The predicted octanol–water partition coefficient (Wildman–Crippen LogP) is 1.12. The summed E-state index contributed by atoms with van der Waals surface area (Å²) in [5, 5.41) is 3.32. The van der Waals surface area contributed by atoms with Crippen molar-refractivity contribution in [3.05, 3.63) is 18.2 Å². The number of imidazole rings is 1. The minimum atomic E-state index is 0.203. The Hall–Kier alpha value is -1.36. The number of nitrogens with zero attached hydrogens (tertiary/aromatic N) is 2. The van der Waals surface area contributed by atoms with Crippen molar-refractivity contribution in [1.82, 2.24) is 20.2 Å². The largest absolute Gasteiger partial charge is 0.348 e. The fourth-order valence-electron chi connectivity index (χ4n) is 3.19. The van der Waals surface area contributed by atoms with Crippen LogP contribution in [-0.4, -0.2) is 47.0 Å². The number of H-pyrrole nitrogens is 1. The molecule has 2 fully saturated rings. The van der Waals surface area contributed by atoms with Crippen LogP contribution >= 0.6 is 0 Å². The Morgan fingerprint density at radius 2 is 2.16 bits per heavy atom. The zero-order valence-electron chi connectivity index (χ0n) is 11.3. The summed E-state index contributed by atoms with van der Waals surface area (Å²) in [6.45, 7) is 3.67. The lowest BCUT2D eigenvalue weighted by atomic mass is 9.93. The van der Waals surface area contributed by atoms with Crippen LogP contribution < -0.4 is 5.32 Å². The van der Waals surface area contributed by atoms with E-state index in [4.69, 9.17) is 0 Å². The van der Waals surface area contributed by atoms with E-state index < -0.39 is 0 Å². The lowest BCUT2D eigenvalue weighted by Crippen LogP contribution is -2.45. The number of rotatable bonds is 2. The number of piperidine rings is 2. The summed E-state index contributed by atoms with van der Waals surface area (Å²) in [7, 11) is 0. The van der Waals surface area contributed by atoms with E-state index >= 15 is 0 Å². The molecule has 0 aromatic carbocycles. The van der Waals surface area contributed by atoms with Gasteiger partial charge in [-0.2, -0.15) is 0 Å². The van der Waals surface area contributed by atoms with E-state index in [1.165, 1.54) is 0 Å². The molecule has 0 radical (unpaired) electrons. The molecule has 0 bridgehead atoms. The van der Waals surface area contributed by atoms with E-state index in [1.54, 1.807) is 6.20 Å². The second-order valence-corrected chi connectivity index (χ2v) is 5.62. The minimum Gasteiger partial charge on any atom is -0.348 e. The fourth-order valence-corrected chi connectivity index (χ4v) is 3.19. The average Bonchev–Trinajstić information content (AvgIpc) is 3.02. The maximum Gasteiger partial charge on any atom is 0.226 e. The van der Waals surface area contributed by atoms with Gasteiger partial charge in [0, 0.05) is 37.9 Å². The second-order valence-electron chi connectivity index (χ2n) is 5.62. The molecule has 2 N–H and O–H groups in total. The van der Waals surface area contributed by atoms with Crippen LogP contribution in [-0.2, 0) is 4.79 Å². The Bertz CT molecular complexity index is 403. The van der Waals surface area contributed by atoms with Crippen molar-refractivity contribution in [1.29, 1.82) is 0 Å². The van der Waals surface area contributed by atoms with Crippen molar-refractivity contribution < 1.29 is 4.79 Å². The lowest BCUT2D eigenvalue weighted by molar-refractivity contribution is -0.137. The lowest BCUT2D eigenvalue weighted by Gasteiger charge is -2.34. The predicted molar refractivity (Wildman–Crippen MR) is 72.7 cm³/mol. The highest BCUT2D eigenvalue weighted by Crippen LogP contribution is 2.26. The highest BCUT2D eigenvalue weighted by molar-refractivity contribution is 5.79. The van der Waals surface area contributed by atoms with Gasteiger partial charge in [-0.1, -0.05) is 0 Å². The number of hydrogen-bond donors (Lipinski definition) is 2. The molecule has 2 saturated heterocycles. The van der Waals surface area contributed by atoms with Crippen molar-refractivity contribution in [2.24, 2.45) is 5.92 Å². The minimum absolute atomic E-state index is 0.203. The molecular weight excluding hydrogens is 240 g/mol. The standard InChI is InChI=1S/C14H22N4O/c19-14(12-2-1-5-15-10-12)18-8-3-11(4-9-18)13-16-6-7-17-13/h6-7,11-12,15H,1-5,8-10H2,(H,16,17). The van der Waals surface area contributed by atoms with Gasteiger partial charge in [0.2, 0.25) is 5.91 Å². The van der Waals surface area contributed by atoms with Crippen molar-refractivity contribution in [3.8, 4) is 0 Å². The normalized spacial score (nSPS) is 25.5. The Kier molecular flexibility index (Phi) is 3.82. The van der Waals surface area contributed by atoms with Gasteiger partial charge in [0.15, 0.2) is 0 Å². The van der Waals surface area contributed by atoms with Crippen LogP contribution in [0.1, 0.15) is 37.4 Å². The third-order valence-electron chi connectivity index (χ3n) is 4.36. The maximum absolute atomic E-state index is 12.4. The summed E-state index contributed by atoms with van der Waals surface area (Å²) in [4.78, 5) is 22.0. The number of amides is 1. The molecule has 0 aliphatic carbocycles. The number of hydrogen-bond acceptors (Lipinski definition) is 3. The molecule has 19 heavy (non-hydrogen) atoms. The van der Waals surface area contributed by atoms with Crippen LogP contribution in [0.25, 0.3) is 0 Å². The van der Waals surface area contributed by atoms with E-state index in [-0.39, 0.29) is 5.92 Å². The van der Waals surface area contributed by atoms with Gasteiger partial charge < -0.3 is 15.2 Å². The van der Waals surface area contributed by atoms with Gasteiger partial charge in [-0.3, -0.25) is 4.79 Å². The highest BCUT2D eigenvalue weighted by atomic mass is 16.2. The van der Waals surface area contributed by atoms with Crippen molar-refractivity contribution in [3.63, 3.8) is 0 Å². The van der Waals surface area contributed by atoms with Crippen LogP contribution in [0, 0.1) is 5.92 Å². The van der Waals surface area contributed by atoms with Crippen molar-refractivity contribution >= 4 is 5.91 Å². The Balaban J connectivity index is 1.53. The van der Waals surface area contributed by atoms with Gasteiger partial charge in [-0.25, -0.2) is 4.98 Å². The van der Waals surface area contributed by atoms with Gasteiger partial charge in [-0.15, -0.1) is 0 Å². The molecule has 1 unspecified atom stereocenters. The molecule has 5 nitrogen and oxygen atoms in total. The first-order valence-electron chi connectivity index (χ1n) is 7.33. The van der Waals surface area contributed by atoms with Gasteiger partial charge in [0.25, 0.3) is 0 Å². The number of carbonyl (C=O) groups excluding carboxylic acids is 1. The van der Waals surface area contributed by atoms with Crippen molar-refractivity contribution in [2.75, 3.05) is 26.2 Å². The van der Waals surface area contributed by atoms with Crippen LogP contribution in [0.5, 0.6) is 0 Å². The van der Waals surface area contributed by atoms with Crippen LogP contribution in [0.15, 0.2) is 12.4 Å². The Morgan fingerprint density at radius 3 is 2.79 bits per heavy atom. The first kappa shape index (κ1) is 12.7. The second kappa shape index (κ2) is 5.74. The number of aromatic nitrogens is 2. The molecule has 2 aliphatic heterocycles. The summed E-state index contributed by atoms with van der Waals surface area (Å²) in [5.74, 6) is 2.12. The summed E-state index contributed by atoms with van der Waals surface area (Å²) >= 11 is 0. The summed E-state index contributed by atoms with van der Waals surface area (Å²) in [5.41, 5.74) is 0.